The van der Waals surface area contributed by atoms with Gasteiger partial charge in [0.15, 0.2) is 11.2 Å². The number of hydrogen-bond acceptors (Lipinski definition) is 4. The third kappa shape index (κ3) is 1.14. The smallest absolute Gasteiger partial charge is 0.355 e. The van der Waals surface area contributed by atoms with E-state index in [0.717, 1.165) is 11.3 Å². The van der Waals surface area contributed by atoms with Crippen LogP contribution >= 0.6 is 11.3 Å². The minimum absolute atomic E-state index is 0.104. The molecule has 4 nitrogen and oxygen atoms in total. The molecule has 0 aliphatic heterocycles. The molecule has 0 saturated carbocycles. The number of carboxylic acids is 1. The number of aromatic carboxylic acids is 1. The minimum Gasteiger partial charge on any atom is -0.476 e. The van der Waals surface area contributed by atoms with Crippen LogP contribution in [0.5, 0.6) is 0 Å². The number of carboxylic acid groups (broad SMARTS) is 1. The van der Waals surface area contributed by atoms with Crippen LogP contribution in [0.4, 0.5) is 0 Å². The molecule has 0 aromatic carbocycles. The second-order valence-electron chi connectivity index (χ2n) is 1.54. The van der Waals surface area contributed by atoms with Crippen LogP contribution in [0.25, 0.3) is 0 Å². The first-order chi connectivity index (χ1) is 4.75. The summed E-state index contributed by atoms with van der Waals surface area (Å²) in [6.45, 7) is -0.289. The van der Waals surface area contributed by atoms with Crippen LogP contribution in [0.3, 0.4) is 0 Å². The Morgan fingerprint density at radius 3 is 2.90 bits per heavy atom. The van der Waals surface area contributed by atoms with Gasteiger partial charge in [0.1, 0.15) is 0 Å². The fourth-order valence-corrected chi connectivity index (χ4v) is 1.05. The Balaban J connectivity index is 3.01. The zero-order valence-corrected chi connectivity index (χ0v) is 5.68. The fourth-order valence-electron chi connectivity index (χ4n) is 0.508. The first kappa shape index (κ1) is 7.17. The molecule has 5 heteroatoms. The third-order valence-electron chi connectivity index (χ3n) is 0.937. The molecule has 1 rings (SSSR count). The molecule has 1 radical (unpaired) electrons. The van der Waals surface area contributed by atoms with Crippen molar-refractivity contribution in [3.8, 4) is 0 Å². The summed E-state index contributed by atoms with van der Waals surface area (Å²) in [7, 11) is 0. The first-order valence-corrected chi connectivity index (χ1v) is 3.27. The number of nitrogens with zero attached hydrogens (tertiary/aromatic N) is 1. The Kier molecular flexibility index (Phi) is 1.98. The molecule has 1 aromatic heterocycles. The SMILES string of the molecule is O=C(O)c1n[c]sc1CO. The average molecular weight is 158 g/mol. The first-order valence-electron chi connectivity index (χ1n) is 2.45. The van der Waals surface area contributed by atoms with Gasteiger partial charge in [-0.25, -0.2) is 9.78 Å². The predicted octanol–water partition coefficient (Wildman–Crippen LogP) is 0.134. The normalized spacial score (nSPS) is 9.70. The van der Waals surface area contributed by atoms with Gasteiger partial charge in [0, 0.05) is 0 Å². The molecular weight excluding hydrogens is 154 g/mol. The van der Waals surface area contributed by atoms with E-state index in [0.29, 0.717) is 4.88 Å². The highest BCUT2D eigenvalue weighted by atomic mass is 32.1. The lowest BCUT2D eigenvalue weighted by Gasteiger charge is -1.88. The van der Waals surface area contributed by atoms with Gasteiger partial charge >= 0.3 is 5.97 Å². The zero-order chi connectivity index (χ0) is 7.56. The maximum Gasteiger partial charge on any atom is 0.355 e. The summed E-state index contributed by atoms with van der Waals surface area (Å²) < 4.78 is 0. The Labute approximate surface area is 60.8 Å². The zero-order valence-electron chi connectivity index (χ0n) is 4.87. The molecule has 1 heterocycles. The number of rotatable bonds is 2. The molecule has 0 bridgehead atoms. The molecule has 2 N–H and O–H groups in total. The maximum absolute atomic E-state index is 10.3. The van der Waals surface area contributed by atoms with E-state index in [-0.39, 0.29) is 12.3 Å². The molecule has 0 unspecified atom stereocenters. The summed E-state index contributed by atoms with van der Waals surface area (Å²) in [5.41, 5.74) is 2.28. The van der Waals surface area contributed by atoms with Crippen LogP contribution in [0.15, 0.2) is 0 Å². The van der Waals surface area contributed by atoms with Gasteiger partial charge < -0.3 is 10.2 Å². The maximum atomic E-state index is 10.3. The van der Waals surface area contributed by atoms with Crippen LogP contribution in [0.1, 0.15) is 15.4 Å². The minimum atomic E-state index is -1.12. The summed E-state index contributed by atoms with van der Waals surface area (Å²) in [6, 6.07) is 0. The molecule has 10 heavy (non-hydrogen) atoms. The van der Waals surface area contributed by atoms with E-state index in [1.807, 2.05) is 0 Å². The molecular formula is C5H4NO3S. The van der Waals surface area contributed by atoms with Crippen molar-refractivity contribution in [2.45, 2.75) is 6.61 Å². The second kappa shape index (κ2) is 2.76. The van der Waals surface area contributed by atoms with Crippen molar-refractivity contribution < 1.29 is 15.0 Å². The lowest BCUT2D eigenvalue weighted by Crippen LogP contribution is -2.00. The van der Waals surface area contributed by atoms with Crippen molar-refractivity contribution in [2.24, 2.45) is 0 Å². The van der Waals surface area contributed by atoms with Gasteiger partial charge in [0.25, 0.3) is 0 Å². The third-order valence-corrected chi connectivity index (χ3v) is 1.69. The van der Waals surface area contributed by atoms with Gasteiger partial charge in [0.2, 0.25) is 0 Å². The summed E-state index contributed by atoms with van der Waals surface area (Å²) in [5.74, 6) is -1.12. The second-order valence-corrected chi connectivity index (χ2v) is 2.42. The molecule has 0 fully saturated rings. The highest BCUT2D eigenvalue weighted by Gasteiger charge is 2.11. The summed E-state index contributed by atoms with van der Waals surface area (Å²) >= 11 is 1.01. The van der Waals surface area contributed by atoms with Gasteiger partial charge in [-0.05, 0) is 0 Å². The van der Waals surface area contributed by atoms with Gasteiger partial charge in [-0.3, -0.25) is 0 Å². The van der Waals surface area contributed by atoms with Crippen molar-refractivity contribution in [1.82, 2.24) is 4.98 Å². The number of carbonyl (C=O) groups is 1. The highest BCUT2D eigenvalue weighted by molar-refractivity contribution is 7.09. The van der Waals surface area contributed by atoms with Crippen LogP contribution in [0, 0.1) is 5.51 Å². The standard InChI is InChI=1S/C5H4NO3S/c7-1-3-4(5(8)9)6-2-10-3/h7H,1H2,(H,8,9). The predicted molar refractivity (Wildman–Crippen MR) is 33.8 cm³/mol. The molecule has 0 amide bonds. The summed E-state index contributed by atoms with van der Waals surface area (Å²) in [6.07, 6.45) is 0. The van der Waals surface area contributed by atoms with E-state index >= 15 is 0 Å². The van der Waals surface area contributed by atoms with E-state index in [4.69, 9.17) is 10.2 Å². The Morgan fingerprint density at radius 1 is 1.80 bits per heavy atom. The quantitative estimate of drug-likeness (QED) is 0.642. The largest absolute Gasteiger partial charge is 0.476 e. The van der Waals surface area contributed by atoms with E-state index in [1.165, 1.54) is 0 Å². The van der Waals surface area contributed by atoms with Crippen molar-refractivity contribution >= 4 is 17.3 Å². The van der Waals surface area contributed by atoms with Crippen molar-refractivity contribution in [1.29, 1.82) is 0 Å². The molecule has 0 atom stereocenters. The molecule has 0 aliphatic carbocycles. The number of aliphatic hydroxyl groups is 1. The average Bonchev–Trinajstić information content (AvgIpc) is 2.33. The van der Waals surface area contributed by atoms with E-state index in [9.17, 15) is 4.79 Å². The van der Waals surface area contributed by atoms with Gasteiger partial charge in [-0.2, -0.15) is 0 Å². The Hall–Kier alpha value is -0.940. The van der Waals surface area contributed by atoms with Crippen LogP contribution in [-0.2, 0) is 6.61 Å². The van der Waals surface area contributed by atoms with E-state index in [1.54, 1.807) is 0 Å². The van der Waals surface area contributed by atoms with E-state index in [2.05, 4.69) is 10.5 Å². The topological polar surface area (TPSA) is 70.4 Å². The number of hydrogen-bond donors (Lipinski definition) is 2. The molecule has 0 aliphatic rings. The molecule has 0 spiro atoms. The van der Waals surface area contributed by atoms with E-state index < -0.39 is 5.97 Å². The molecule has 1 aromatic rings. The van der Waals surface area contributed by atoms with Gasteiger partial charge in [-0.15, -0.1) is 11.3 Å². The lowest BCUT2D eigenvalue weighted by molar-refractivity contribution is 0.0688. The molecule has 53 valence electrons. The highest BCUT2D eigenvalue weighted by Crippen LogP contribution is 2.11. The Morgan fingerprint density at radius 2 is 2.50 bits per heavy atom. The number of aliphatic hydroxyl groups excluding tert-OH is 1. The number of thiazole rings is 1. The monoisotopic (exact) mass is 158 g/mol. The van der Waals surface area contributed by atoms with Crippen LogP contribution in [-0.4, -0.2) is 21.2 Å². The summed E-state index contributed by atoms with van der Waals surface area (Å²) in [4.78, 5) is 14.0. The van der Waals surface area contributed by atoms with Crippen molar-refractivity contribution in [2.75, 3.05) is 0 Å². The van der Waals surface area contributed by atoms with Gasteiger partial charge in [0.05, 0.1) is 11.5 Å². The Bertz CT molecular complexity index is 245. The van der Waals surface area contributed by atoms with Crippen molar-refractivity contribution in [3.63, 3.8) is 0 Å². The molecule has 0 saturated heterocycles. The number of aromatic nitrogens is 1. The van der Waals surface area contributed by atoms with Crippen molar-refractivity contribution in [3.05, 3.63) is 16.1 Å². The van der Waals surface area contributed by atoms with Gasteiger partial charge in [-0.1, -0.05) is 0 Å². The summed E-state index contributed by atoms with van der Waals surface area (Å²) in [5, 5.41) is 16.9. The lowest BCUT2D eigenvalue weighted by atomic mass is 10.4. The fraction of sp³-hybridized carbons (Fsp3) is 0.200. The van der Waals surface area contributed by atoms with Crippen LogP contribution < -0.4 is 0 Å². The van der Waals surface area contributed by atoms with Crippen LogP contribution in [0.2, 0.25) is 0 Å².